The largest absolute Gasteiger partial charge is 0.462 e. The number of carbonyl (C=O) groups is 2. The van der Waals surface area contributed by atoms with Gasteiger partial charge in [0, 0.05) is 37.4 Å². The van der Waals surface area contributed by atoms with Gasteiger partial charge in [-0.2, -0.15) is 13.2 Å². The summed E-state index contributed by atoms with van der Waals surface area (Å²) in [7, 11) is 0. The molecule has 2 aromatic rings. The molecular weight excluding hydrogens is 531 g/mol. The van der Waals surface area contributed by atoms with Gasteiger partial charge >= 0.3 is 12.1 Å². The lowest BCUT2D eigenvalue weighted by Crippen LogP contribution is -2.47. The monoisotopic (exact) mass is 569 g/mol. The highest BCUT2D eigenvalue weighted by molar-refractivity contribution is 5.89. The van der Waals surface area contributed by atoms with Crippen molar-refractivity contribution in [3.05, 3.63) is 64.5 Å². The fourth-order valence-corrected chi connectivity index (χ4v) is 8.04. The summed E-state index contributed by atoms with van der Waals surface area (Å²) in [5, 5.41) is 0. The number of hydrogen-bond donors (Lipinski definition) is 0. The molecule has 0 unspecified atom stereocenters. The van der Waals surface area contributed by atoms with E-state index in [-0.39, 0.29) is 18.4 Å². The summed E-state index contributed by atoms with van der Waals surface area (Å²) >= 11 is 0. The topological polar surface area (TPSA) is 62.7 Å². The predicted molar refractivity (Wildman–Crippen MR) is 147 cm³/mol. The van der Waals surface area contributed by atoms with E-state index >= 15 is 0 Å². The number of likely N-dealkylation sites (tertiary alicyclic amines) is 1. The van der Waals surface area contributed by atoms with E-state index < -0.39 is 17.2 Å². The summed E-state index contributed by atoms with van der Waals surface area (Å²) in [6.45, 7) is 4.80. The molecule has 1 aromatic carbocycles. The molecule has 0 bridgehead atoms. The van der Waals surface area contributed by atoms with Crippen molar-refractivity contribution in [3.63, 3.8) is 0 Å². The van der Waals surface area contributed by atoms with Crippen molar-refractivity contribution in [2.75, 3.05) is 26.2 Å². The van der Waals surface area contributed by atoms with E-state index in [1.807, 2.05) is 24.0 Å². The second kappa shape index (κ2) is 11.0. The maximum atomic E-state index is 14.1. The Kier molecular flexibility index (Phi) is 7.59. The highest BCUT2D eigenvalue weighted by atomic mass is 19.4. The number of rotatable bonds is 5. The third-order valence-electron chi connectivity index (χ3n) is 10.1. The molecule has 4 aliphatic rings. The minimum Gasteiger partial charge on any atom is -0.462 e. The predicted octanol–water partition coefficient (Wildman–Crippen LogP) is 5.99. The lowest BCUT2D eigenvalue weighted by molar-refractivity contribution is -0.144. The number of hydrogen-bond acceptors (Lipinski definition) is 5. The van der Waals surface area contributed by atoms with E-state index in [4.69, 9.17) is 4.74 Å². The number of aromatic nitrogens is 1. The normalized spacial score (nSPS) is 27.0. The number of pyridine rings is 1. The summed E-state index contributed by atoms with van der Waals surface area (Å²) in [5.74, 6) is 0.575. The van der Waals surface area contributed by atoms with Gasteiger partial charge in [-0.1, -0.05) is 18.6 Å². The van der Waals surface area contributed by atoms with Crippen LogP contribution in [0.1, 0.15) is 90.5 Å². The minimum atomic E-state index is -4.45. The molecule has 2 aliphatic carbocycles. The zero-order valence-corrected chi connectivity index (χ0v) is 23.6. The number of carbonyl (C=O) groups excluding carboxylic acids is 2. The summed E-state index contributed by atoms with van der Waals surface area (Å²) in [6.07, 6.45) is 3.77. The highest BCUT2D eigenvalue weighted by Gasteiger charge is 2.57. The number of piperidine rings is 1. The first-order valence-corrected chi connectivity index (χ1v) is 15.0. The quantitative estimate of drug-likeness (QED) is 0.414. The molecule has 0 spiro atoms. The minimum absolute atomic E-state index is 0.135. The van der Waals surface area contributed by atoms with Crippen LogP contribution in [0.2, 0.25) is 0 Å². The highest BCUT2D eigenvalue weighted by Crippen LogP contribution is 2.57. The molecule has 0 radical (unpaired) electrons. The van der Waals surface area contributed by atoms with Gasteiger partial charge < -0.3 is 14.5 Å². The third kappa shape index (κ3) is 5.38. The zero-order valence-electron chi connectivity index (χ0n) is 23.6. The molecule has 9 heteroatoms. The van der Waals surface area contributed by atoms with Crippen LogP contribution in [0, 0.1) is 11.3 Å². The Morgan fingerprint density at radius 3 is 2.68 bits per heavy atom. The fourth-order valence-electron chi connectivity index (χ4n) is 8.04. The Bertz CT molecular complexity index is 1310. The maximum Gasteiger partial charge on any atom is 0.417 e. The van der Waals surface area contributed by atoms with Gasteiger partial charge in [-0.15, -0.1) is 0 Å². The number of nitrogens with zero attached hydrogens (tertiary/aromatic N) is 3. The molecule has 1 aromatic heterocycles. The van der Waals surface area contributed by atoms with Crippen LogP contribution in [-0.4, -0.2) is 58.9 Å². The molecule has 6 rings (SSSR count). The van der Waals surface area contributed by atoms with E-state index in [2.05, 4.69) is 16.0 Å². The zero-order chi connectivity index (χ0) is 28.8. The van der Waals surface area contributed by atoms with Gasteiger partial charge in [-0.3, -0.25) is 9.78 Å². The van der Waals surface area contributed by atoms with Gasteiger partial charge in [0.2, 0.25) is 5.91 Å². The van der Waals surface area contributed by atoms with Gasteiger partial charge in [0.25, 0.3) is 0 Å². The van der Waals surface area contributed by atoms with E-state index in [0.29, 0.717) is 54.3 Å². The van der Waals surface area contributed by atoms with Gasteiger partial charge in [0.15, 0.2) is 0 Å². The van der Waals surface area contributed by atoms with Gasteiger partial charge in [-0.05, 0) is 99.7 Å². The third-order valence-corrected chi connectivity index (χ3v) is 10.1. The van der Waals surface area contributed by atoms with Crippen molar-refractivity contribution in [1.29, 1.82) is 0 Å². The summed E-state index contributed by atoms with van der Waals surface area (Å²) in [4.78, 5) is 34.8. The number of amides is 1. The average Bonchev–Trinajstić information content (AvgIpc) is 3.55. The van der Waals surface area contributed by atoms with Crippen LogP contribution >= 0.6 is 0 Å². The number of benzene rings is 1. The maximum absolute atomic E-state index is 14.1. The molecule has 1 saturated heterocycles. The molecule has 1 amide bonds. The molecule has 2 aliphatic heterocycles. The fraction of sp³-hybridized carbons (Fsp3) is 0.594. The van der Waals surface area contributed by atoms with Gasteiger partial charge in [0.1, 0.15) is 0 Å². The number of halogens is 3. The van der Waals surface area contributed by atoms with Crippen molar-refractivity contribution < 1.29 is 27.5 Å². The molecule has 6 nitrogen and oxygen atoms in total. The molecule has 41 heavy (non-hydrogen) atoms. The van der Waals surface area contributed by atoms with Gasteiger partial charge in [-0.25, -0.2) is 4.79 Å². The molecule has 3 heterocycles. The molecule has 220 valence electrons. The van der Waals surface area contributed by atoms with Crippen molar-refractivity contribution in [2.45, 2.75) is 83.0 Å². The molecule has 2 saturated carbocycles. The summed E-state index contributed by atoms with van der Waals surface area (Å²) in [5.41, 5.74) is 1.82. The van der Waals surface area contributed by atoms with Crippen LogP contribution in [0.15, 0.2) is 36.5 Å². The lowest BCUT2D eigenvalue weighted by atomic mass is 9.78. The van der Waals surface area contributed by atoms with Crippen LogP contribution in [0.4, 0.5) is 13.2 Å². The lowest BCUT2D eigenvalue weighted by Gasteiger charge is -2.39. The summed E-state index contributed by atoms with van der Waals surface area (Å²) in [6, 6.07) is 9.33. The number of fused-ring (bicyclic) bond motifs is 2. The van der Waals surface area contributed by atoms with Crippen LogP contribution in [-0.2, 0) is 28.7 Å². The van der Waals surface area contributed by atoms with Crippen LogP contribution in [0.5, 0.6) is 0 Å². The molecule has 3 atom stereocenters. The number of ether oxygens (including phenoxy) is 1. The first-order valence-electron chi connectivity index (χ1n) is 15.0. The average molecular weight is 570 g/mol. The standard InChI is InChI=1S/C32H38F3N3O3/c1-2-41-29(39)23-6-3-5-22(15-23)21-8-12-37(13-9-21)27-17-25-7-4-11-31(25,18-27)30(40)38-14-10-28-24(20-38)16-26(19-36-28)32(33,34)35/h3,5-6,15-16,19,21,25,27H,2,4,7-14,17-18,20H2,1H3/t25-,27+,31-/m1/s1. The number of esters is 1. The Labute approximate surface area is 239 Å². The van der Waals surface area contributed by atoms with Crippen molar-refractivity contribution in [2.24, 2.45) is 11.3 Å². The molecule has 0 N–H and O–H groups in total. The van der Waals surface area contributed by atoms with E-state index in [1.165, 1.54) is 11.6 Å². The van der Waals surface area contributed by atoms with Crippen LogP contribution < -0.4 is 0 Å². The smallest absolute Gasteiger partial charge is 0.417 e. The Balaban J connectivity index is 1.11. The van der Waals surface area contributed by atoms with Crippen molar-refractivity contribution in [1.82, 2.24) is 14.8 Å². The van der Waals surface area contributed by atoms with E-state index in [1.54, 1.807) is 6.07 Å². The first kappa shape index (κ1) is 28.2. The van der Waals surface area contributed by atoms with Gasteiger partial charge in [0.05, 0.1) is 23.1 Å². The van der Waals surface area contributed by atoms with Crippen molar-refractivity contribution >= 4 is 11.9 Å². The molecular formula is C32H38F3N3O3. The SMILES string of the molecule is CCOC(=O)c1cccc(C2CCN([C@H]3C[C@H]4CCC[C@@]4(C(=O)N4CCc5ncc(C(F)(F)F)cc5C4)C3)CC2)c1. The van der Waals surface area contributed by atoms with E-state index in [9.17, 15) is 22.8 Å². The summed E-state index contributed by atoms with van der Waals surface area (Å²) < 4.78 is 45.1. The van der Waals surface area contributed by atoms with E-state index in [0.717, 1.165) is 64.2 Å². The Hall–Kier alpha value is -2.94. The number of alkyl halides is 3. The Morgan fingerprint density at radius 2 is 1.93 bits per heavy atom. The second-order valence-corrected chi connectivity index (χ2v) is 12.3. The van der Waals surface area contributed by atoms with Crippen molar-refractivity contribution in [3.8, 4) is 0 Å². The van der Waals surface area contributed by atoms with Crippen LogP contribution in [0.3, 0.4) is 0 Å². The second-order valence-electron chi connectivity index (χ2n) is 12.3. The van der Waals surface area contributed by atoms with Crippen LogP contribution in [0.25, 0.3) is 0 Å². The first-order chi connectivity index (χ1) is 19.7. The molecule has 3 fully saturated rings. The Morgan fingerprint density at radius 1 is 1.12 bits per heavy atom.